The molecule has 8 heteroatoms. The van der Waals surface area contributed by atoms with Gasteiger partial charge in [0.25, 0.3) is 11.8 Å². The summed E-state index contributed by atoms with van der Waals surface area (Å²) in [5, 5.41) is 26.7. The van der Waals surface area contributed by atoms with E-state index in [1.807, 2.05) is 44.2 Å². The third-order valence-corrected chi connectivity index (χ3v) is 6.64. The van der Waals surface area contributed by atoms with Crippen LogP contribution in [-0.4, -0.2) is 64.7 Å². The van der Waals surface area contributed by atoms with Gasteiger partial charge in [0.05, 0.1) is 12.1 Å². The maximum absolute atomic E-state index is 13.4. The fraction of sp³-hybridized carbons (Fsp3) is 0.344. The Balaban J connectivity index is 1.77. The van der Waals surface area contributed by atoms with Crippen LogP contribution < -0.4 is 10.6 Å². The maximum Gasteiger partial charge on any atom is 0.325 e. The molecule has 0 aliphatic rings. The number of carboxylic acids is 1. The molecule has 3 aromatic carbocycles. The average Bonchev–Trinajstić information content (AvgIpc) is 2.97. The van der Waals surface area contributed by atoms with Crippen molar-refractivity contribution in [2.45, 2.75) is 51.3 Å². The first-order valence-corrected chi connectivity index (χ1v) is 13.8. The van der Waals surface area contributed by atoms with Gasteiger partial charge in [-0.1, -0.05) is 80.6 Å². The highest BCUT2D eigenvalue weighted by Gasteiger charge is 2.26. The van der Waals surface area contributed by atoms with Gasteiger partial charge in [-0.05, 0) is 48.6 Å². The van der Waals surface area contributed by atoms with Crippen LogP contribution in [0.2, 0.25) is 0 Å². The van der Waals surface area contributed by atoms with Crippen molar-refractivity contribution in [3.8, 4) is 0 Å². The van der Waals surface area contributed by atoms with E-state index >= 15 is 0 Å². The van der Waals surface area contributed by atoms with Crippen LogP contribution in [0, 0.1) is 0 Å². The van der Waals surface area contributed by atoms with Gasteiger partial charge in [0.15, 0.2) is 0 Å². The molecule has 8 nitrogen and oxygen atoms in total. The molecular formula is C32H39N3O5. The standard InChI is InChI=1S/C32H39N3O5/c1-3-18-35(19-4-2)31(38)26-17-11-16-25(21-26)30(37)34-27(20-23-12-7-5-8-13-23)28(36)22-33-29(32(39)40)24-14-9-6-10-15-24/h5-17,21,27-29,33,36H,3-4,18-20,22H2,1-2H3,(H,34,37)(H,39,40)/t27-,28?,29?/m0/s1. The van der Waals surface area contributed by atoms with E-state index in [1.54, 1.807) is 59.5 Å². The molecule has 0 aromatic heterocycles. The molecule has 0 heterocycles. The van der Waals surface area contributed by atoms with Crippen molar-refractivity contribution in [1.29, 1.82) is 0 Å². The van der Waals surface area contributed by atoms with Gasteiger partial charge < -0.3 is 20.4 Å². The predicted molar refractivity (Wildman–Crippen MR) is 155 cm³/mol. The van der Waals surface area contributed by atoms with Crippen LogP contribution in [0.5, 0.6) is 0 Å². The summed E-state index contributed by atoms with van der Waals surface area (Å²) in [6.07, 6.45) is 0.916. The minimum atomic E-state index is -1.09. The summed E-state index contributed by atoms with van der Waals surface area (Å²) in [5.41, 5.74) is 2.21. The summed E-state index contributed by atoms with van der Waals surface area (Å²) in [5.74, 6) is -1.61. The Morgan fingerprint density at radius 2 is 1.43 bits per heavy atom. The molecule has 0 spiro atoms. The lowest BCUT2D eigenvalue weighted by atomic mass is 9.99. The second-order valence-electron chi connectivity index (χ2n) is 9.80. The zero-order valence-electron chi connectivity index (χ0n) is 23.1. The Morgan fingerprint density at radius 1 is 0.825 bits per heavy atom. The highest BCUT2D eigenvalue weighted by Crippen LogP contribution is 2.15. The normalized spacial score (nSPS) is 13.2. The lowest BCUT2D eigenvalue weighted by Gasteiger charge is -2.26. The number of hydrogen-bond acceptors (Lipinski definition) is 5. The van der Waals surface area contributed by atoms with Crippen LogP contribution in [0.15, 0.2) is 84.9 Å². The van der Waals surface area contributed by atoms with Crippen LogP contribution in [-0.2, 0) is 11.2 Å². The summed E-state index contributed by atoms with van der Waals surface area (Å²) in [4.78, 5) is 40.1. The molecule has 0 saturated carbocycles. The van der Waals surface area contributed by atoms with Crippen molar-refractivity contribution >= 4 is 17.8 Å². The lowest BCUT2D eigenvalue weighted by Crippen LogP contribution is -2.49. The van der Waals surface area contributed by atoms with Gasteiger partial charge in [-0.25, -0.2) is 0 Å². The summed E-state index contributed by atoms with van der Waals surface area (Å²) >= 11 is 0. The van der Waals surface area contributed by atoms with Gasteiger partial charge in [0.2, 0.25) is 0 Å². The van der Waals surface area contributed by atoms with E-state index in [4.69, 9.17) is 0 Å². The number of aliphatic carboxylic acids is 1. The molecule has 3 rings (SSSR count). The van der Waals surface area contributed by atoms with Crippen molar-refractivity contribution in [2.75, 3.05) is 19.6 Å². The summed E-state index contributed by atoms with van der Waals surface area (Å²) in [6.45, 7) is 5.26. The van der Waals surface area contributed by atoms with E-state index in [2.05, 4.69) is 10.6 Å². The molecule has 0 saturated heterocycles. The number of rotatable bonds is 15. The minimum absolute atomic E-state index is 0.0643. The molecular weight excluding hydrogens is 506 g/mol. The molecule has 40 heavy (non-hydrogen) atoms. The number of benzene rings is 3. The summed E-state index contributed by atoms with van der Waals surface area (Å²) < 4.78 is 0. The zero-order valence-corrected chi connectivity index (χ0v) is 23.1. The monoisotopic (exact) mass is 545 g/mol. The molecule has 0 fully saturated rings. The Morgan fingerprint density at radius 3 is 2.02 bits per heavy atom. The quantitative estimate of drug-likeness (QED) is 0.229. The molecule has 0 radical (unpaired) electrons. The van der Waals surface area contributed by atoms with E-state index < -0.39 is 30.1 Å². The van der Waals surface area contributed by atoms with Crippen LogP contribution in [0.1, 0.15) is 64.6 Å². The summed E-state index contributed by atoms with van der Waals surface area (Å²) in [7, 11) is 0. The van der Waals surface area contributed by atoms with Crippen molar-refractivity contribution in [1.82, 2.24) is 15.5 Å². The Bertz CT molecular complexity index is 1230. The van der Waals surface area contributed by atoms with E-state index in [0.29, 0.717) is 36.2 Å². The van der Waals surface area contributed by atoms with E-state index in [-0.39, 0.29) is 12.5 Å². The maximum atomic E-state index is 13.4. The fourth-order valence-electron chi connectivity index (χ4n) is 4.61. The van der Waals surface area contributed by atoms with E-state index in [9.17, 15) is 24.6 Å². The molecule has 2 unspecified atom stereocenters. The molecule has 2 amide bonds. The third-order valence-electron chi connectivity index (χ3n) is 6.64. The zero-order chi connectivity index (χ0) is 28.9. The fourth-order valence-corrected chi connectivity index (χ4v) is 4.61. The number of carboxylic acid groups (broad SMARTS) is 1. The number of aliphatic hydroxyl groups is 1. The number of aliphatic hydroxyl groups excluding tert-OH is 1. The molecule has 212 valence electrons. The molecule has 0 aliphatic heterocycles. The third kappa shape index (κ3) is 8.76. The smallest absolute Gasteiger partial charge is 0.325 e. The number of carbonyl (C=O) groups is 3. The second-order valence-corrected chi connectivity index (χ2v) is 9.80. The van der Waals surface area contributed by atoms with Crippen LogP contribution in [0.4, 0.5) is 0 Å². The van der Waals surface area contributed by atoms with Crippen molar-refractivity contribution in [3.63, 3.8) is 0 Å². The number of carbonyl (C=O) groups excluding carboxylic acids is 2. The SMILES string of the molecule is CCCN(CCC)C(=O)c1cccc(C(=O)N[C@@H](Cc2ccccc2)C(O)CNC(C(=O)O)c2ccccc2)c1. The highest BCUT2D eigenvalue weighted by molar-refractivity contribution is 5.99. The van der Waals surface area contributed by atoms with Crippen molar-refractivity contribution in [2.24, 2.45) is 0 Å². The Labute approximate surface area is 236 Å². The van der Waals surface area contributed by atoms with Gasteiger partial charge in [-0.3, -0.25) is 19.7 Å². The number of hydrogen-bond donors (Lipinski definition) is 4. The van der Waals surface area contributed by atoms with Crippen LogP contribution in [0.25, 0.3) is 0 Å². The molecule has 3 atom stereocenters. The Hall–Kier alpha value is -4.01. The summed E-state index contributed by atoms with van der Waals surface area (Å²) in [6, 6.07) is 23.0. The number of amides is 2. The Kier molecular flexibility index (Phi) is 11.9. The van der Waals surface area contributed by atoms with Crippen LogP contribution in [0.3, 0.4) is 0 Å². The molecule has 0 bridgehead atoms. The van der Waals surface area contributed by atoms with Gasteiger partial charge in [0, 0.05) is 30.8 Å². The number of nitrogens with one attached hydrogen (secondary N) is 2. The van der Waals surface area contributed by atoms with Crippen molar-refractivity contribution < 1.29 is 24.6 Å². The minimum Gasteiger partial charge on any atom is -0.480 e. The van der Waals surface area contributed by atoms with Gasteiger partial charge >= 0.3 is 5.97 Å². The molecule has 4 N–H and O–H groups in total. The number of nitrogens with zero attached hydrogens (tertiary/aromatic N) is 1. The van der Waals surface area contributed by atoms with Gasteiger partial charge in [0.1, 0.15) is 6.04 Å². The van der Waals surface area contributed by atoms with Gasteiger partial charge in [-0.15, -0.1) is 0 Å². The first kappa shape index (κ1) is 30.5. The van der Waals surface area contributed by atoms with Crippen LogP contribution >= 0.6 is 0 Å². The van der Waals surface area contributed by atoms with E-state index in [1.165, 1.54) is 0 Å². The second kappa shape index (κ2) is 15.5. The molecule has 3 aromatic rings. The van der Waals surface area contributed by atoms with E-state index in [0.717, 1.165) is 18.4 Å². The largest absolute Gasteiger partial charge is 0.480 e. The topological polar surface area (TPSA) is 119 Å². The van der Waals surface area contributed by atoms with Gasteiger partial charge in [-0.2, -0.15) is 0 Å². The first-order valence-electron chi connectivity index (χ1n) is 13.8. The lowest BCUT2D eigenvalue weighted by molar-refractivity contribution is -0.139. The average molecular weight is 546 g/mol. The predicted octanol–water partition coefficient (Wildman–Crippen LogP) is 4.07. The molecule has 0 aliphatic carbocycles. The highest BCUT2D eigenvalue weighted by atomic mass is 16.4. The first-order chi connectivity index (χ1) is 19.3. The van der Waals surface area contributed by atoms with Crippen molar-refractivity contribution in [3.05, 3.63) is 107 Å².